The quantitative estimate of drug-likeness (QED) is 0.500. The first-order chi connectivity index (χ1) is 15.3. The molecule has 0 bridgehead atoms. The van der Waals surface area contributed by atoms with Gasteiger partial charge in [-0.25, -0.2) is 9.07 Å². The van der Waals surface area contributed by atoms with Gasteiger partial charge >= 0.3 is 0 Å². The standard InChI is InChI=1S/C24H21Cl2FN4O/c1-13-3-4-15-11-17(27)6-8-20(15)30(13)24(32)22-14(2)29-21-9-10-28-31(21)23(22)16-5-7-18(25)19(26)12-16/h5-13,23,29H,3-4H2,1-2H3. The van der Waals surface area contributed by atoms with Crippen LogP contribution >= 0.6 is 23.2 Å². The van der Waals surface area contributed by atoms with Gasteiger partial charge in [0.25, 0.3) is 5.91 Å². The van der Waals surface area contributed by atoms with Crippen LogP contribution in [0.4, 0.5) is 15.9 Å². The van der Waals surface area contributed by atoms with Crippen molar-refractivity contribution in [2.24, 2.45) is 0 Å². The Kier molecular flexibility index (Phi) is 5.22. The second-order valence-electron chi connectivity index (χ2n) is 8.24. The Labute approximate surface area is 195 Å². The molecule has 0 saturated heterocycles. The van der Waals surface area contributed by atoms with Crippen LogP contribution in [0.5, 0.6) is 0 Å². The summed E-state index contributed by atoms with van der Waals surface area (Å²) in [5, 5.41) is 8.63. The predicted octanol–water partition coefficient (Wildman–Crippen LogP) is 5.99. The summed E-state index contributed by atoms with van der Waals surface area (Å²) in [5.41, 5.74) is 3.68. The number of nitrogens with zero attached hydrogens (tertiary/aromatic N) is 3. The molecule has 32 heavy (non-hydrogen) atoms. The van der Waals surface area contributed by atoms with E-state index in [1.165, 1.54) is 12.1 Å². The van der Waals surface area contributed by atoms with Gasteiger partial charge in [-0.1, -0.05) is 29.3 Å². The molecule has 2 aliphatic heterocycles. The van der Waals surface area contributed by atoms with Gasteiger partial charge in [0.1, 0.15) is 17.7 Å². The van der Waals surface area contributed by atoms with Gasteiger partial charge in [-0.3, -0.25) is 4.79 Å². The molecule has 1 N–H and O–H groups in total. The average Bonchev–Trinajstić information content (AvgIpc) is 3.22. The molecule has 2 unspecified atom stereocenters. The second kappa shape index (κ2) is 7.94. The lowest BCUT2D eigenvalue weighted by atomic mass is 9.91. The Morgan fingerprint density at radius 3 is 2.75 bits per heavy atom. The minimum absolute atomic E-state index is 0.0331. The van der Waals surface area contributed by atoms with Gasteiger partial charge in [0, 0.05) is 23.5 Å². The second-order valence-corrected chi connectivity index (χ2v) is 9.05. The smallest absolute Gasteiger partial charge is 0.258 e. The van der Waals surface area contributed by atoms with E-state index in [2.05, 4.69) is 10.4 Å². The van der Waals surface area contributed by atoms with Crippen molar-refractivity contribution in [3.05, 3.63) is 86.9 Å². The van der Waals surface area contributed by atoms with Gasteiger partial charge in [-0.2, -0.15) is 5.10 Å². The van der Waals surface area contributed by atoms with Crippen LogP contribution in [-0.2, 0) is 11.2 Å². The first-order valence-electron chi connectivity index (χ1n) is 10.4. The Bertz CT molecular complexity index is 1270. The van der Waals surface area contributed by atoms with Crippen LogP contribution in [-0.4, -0.2) is 21.7 Å². The van der Waals surface area contributed by atoms with Crippen LogP contribution in [0.3, 0.4) is 0 Å². The number of aromatic nitrogens is 2. The molecule has 0 spiro atoms. The molecule has 0 aliphatic carbocycles. The van der Waals surface area contributed by atoms with Crippen molar-refractivity contribution in [3.8, 4) is 0 Å². The minimum Gasteiger partial charge on any atom is -0.344 e. The summed E-state index contributed by atoms with van der Waals surface area (Å²) < 4.78 is 15.6. The van der Waals surface area contributed by atoms with Crippen LogP contribution < -0.4 is 10.2 Å². The van der Waals surface area contributed by atoms with Gasteiger partial charge in [0.05, 0.1) is 21.8 Å². The van der Waals surface area contributed by atoms with Crippen molar-refractivity contribution in [1.29, 1.82) is 0 Å². The number of carbonyl (C=O) groups is 1. The molecule has 2 aliphatic rings. The molecule has 1 amide bonds. The zero-order chi connectivity index (χ0) is 22.6. The van der Waals surface area contributed by atoms with Crippen LogP contribution in [0.25, 0.3) is 0 Å². The molecule has 1 aromatic heterocycles. The van der Waals surface area contributed by atoms with E-state index in [-0.39, 0.29) is 17.8 Å². The highest BCUT2D eigenvalue weighted by Gasteiger charge is 2.38. The number of aryl methyl sites for hydroxylation is 1. The molecule has 2 aromatic carbocycles. The molecule has 0 radical (unpaired) electrons. The van der Waals surface area contributed by atoms with Gasteiger partial charge in [0.2, 0.25) is 0 Å². The largest absolute Gasteiger partial charge is 0.344 e. The summed E-state index contributed by atoms with van der Waals surface area (Å²) in [4.78, 5) is 15.9. The molecule has 0 fully saturated rings. The number of hydrogen-bond donors (Lipinski definition) is 1. The molecule has 8 heteroatoms. The fourth-order valence-electron chi connectivity index (χ4n) is 4.63. The average molecular weight is 471 g/mol. The molecule has 3 heterocycles. The molecule has 5 nitrogen and oxygen atoms in total. The lowest BCUT2D eigenvalue weighted by Crippen LogP contribution is -2.45. The molecule has 5 rings (SSSR count). The van der Waals surface area contributed by atoms with E-state index in [4.69, 9.17) is 23.2 Å². The van der Waals surface area contributed by atoms with Crippen molar-refractivity contribution in [2.75, 3.05) is 10.2 Å². The fraction of sp³-hybridized carbons (Fsp3) is 0.250. The summed E-state index contributed by atoms with van der Waals surface area (Å²) >= 11 is 12.5. The molecule has 164 valence electrons. The number of hydrogen-bond acceptors (Lipinski definition) is 3. The summed E-state index contributed by atoms with van der Waals surface area (Å²) in [5.74, 6) is 0.340. The molecular formula is C24H21Cl2FN4O. The first kappa shape index (κ1) is 21.0. The summed E-state index contributed by atoms with van der Waals surface area (Å²) in [6, 6.07) is 11.3. The molecular weight excluding hydrogens is 450 g/mol. The van der Waals surface area contributed by atoms with Crippen LogP contribution in [0, 0.1) is 5.82 Å². The third kappa shape index (κ3) is 3.38. The van der Waals surface area contributed by atoms with Crippen LogP contribution in [0.2, 0.25) is 10.0 Å². The SMILES string of the molecule is CC1=C(C(=O)N2c3ccc(F)cc3CCC2C)C(c2ccc(Cl)c(Cl)c2)n2nccc2N1. The maximum Gasteiger partial charge on any atom is 0.258 e. The fourth-order valence-corrected chi connectivity index (χ4v) is 4.94. The Morgan fingerprint density at radius 1 is 1.16 bits per heavy atom. The van der Waals surface area contributed by atoms with Crippen molar-refractivity contribution >= 4 is 40.6 Å². The summed E-state index contributed by atoms with van der Waals surface area (Å²) in [7, 11) is 0. The van der Waals surface area contributed by atoms with E-state index in [0.717, 1.165) is 41.2 Å². The number of amides is 1. The molecule has 3 aromatic rings. The minimum atomic E-state index is -0.485. The number of rotatable bonds is 2. The van der Waals surface area contributed by atoms with E-state index < -0.39 is 6.04 Å². The van der Waals surface area contributed by atoms with E-state index >= 15 is 0 Å². The van der Waals surface area contributed by atoms with E-state index in [1.54, 1.807) is 34.0 Å². The zero-order valence-corrected chi connectivity index (χ0v) is 19.1. The van der Waals surface area contributed by atoms with Crippen molar-refractivity contribution in [3.63, 3.8) is 0 Å². The Morgan fingerprint density at radius 2 is 1.97 bits per heavy atom. The third-order valence-electron chi connectivity index (χ3n) is 6.19. The van der Waals surface area contributed by atoms with E-state index in [1.807, 2.05) is 26.0 Å². The summed E-state index contributed by atoms with van der Waals surface area (Å²) in [6.45, 7) is 3.90. The highest BCUT2D eigenvalue weighted by Crippen LogP contribution is 2.41. The number of benzene rings is 2. The number of halogens is 3. The number of nitrogens with one attached hydrogen (secondary N) is 1. The van der Waals surface area contributed by atoms with E-state index in [0.29, 0.717) is 15.6 Å². The van der Waals surface area contributed by atoms with Gasteiger partial charge in [-0.15, -0.1) is 0 Å². The monoisotopic (exact) mass is 470 g/mol. The van der Waals surface area contributed by atoms with E-state index in [9.17, 15) is 9.18 Å². The van der Waals surface area contributed by atoms with Gasteiger partial charge in [0.15, 0.2) is 0 Å². The maximum atomic E-state index is 14.1. The normalized spacial score (nSPS) is 20.0. The highest BCUT2D eigenvalue weighted by atomic mass is 35.5. The Hall–Kier alpha value is -2.83. The number of fused-ring (bicyclic) bond motifs is 2. The van der Waals surface area contributed by atoms with Crippen molar-refractivity contribution < 1.29 is 9.18 Å². The Balaban J connectivity index is 1.65. The number of allylic oxidation sites excluding steroid dienone is 1. The molecule has 2 atom stereocenters. The first-order valence-corrected chi connectivity index (χ1v) is 11.2. The van der Waals surface area contributed by atoms with Gasteiger partial charge < -0.3 is 10.2 Å². The summed E-state index contributed by atoms with van der Waals surface area (Å²) in [6.07, 6.45) is 3.18. The predicted molar refractivity (Wildman–Crippen MR) is 125 cm³/mol. The van der Waals surface area contributed by atoms with Crippen LogP contribution in [0.1, 0.15) is 37.4 Å². The lowest BCUT2D eigenvalue weighted by Gasteiger charge is -2.39. The molecule has 0 saturated carbocycles. The van der Waals surface area contributed by atoms with Crippen LogP contribution in [0.15, 0.2) is 59.9 Å². The topological polar surface area (TPSA) is 50.2 Å². The van der Waals surface area contributed by atoms with Gasteiger partial charge in [-0.05, 0) is 68.1 Å². The lowest BCUT2D eigenvalue weighted by molar-refractivity contribution is -0.116. The van der Waals surface area contributed by atoms with Crippen molar-refractivity contribution in [2.45, 2.75) is 38.8 Å². The third-order valence-corrected chi connectivity index (χ3v) is 6.93. The number of anilines is 2. The number of carbonyl (C=O) groups excluding carboxylic acids is 1. The maximum absolute atomic E-state index is 14.1. The zero-order valence-electron chi connectivity index (χ0n) is 17.6. The highest BCUT2D eigenvalue weighted by molar-refractivity contribution is 6.42. The van der Waals surface area contributed by atoms with Crippen molar-refractivity contribution in [1.82, 2.24) is 9.78 Å².